The van der Waals surface area contributed by atoms with Crippen molar-refractivity contribution in [2.45, 2.75) is 50.5 Å². The summed E-state index contributed by atoms with van der Waals surface area (Å²) in [5.41, 5.74) is 1.92. The topological polar surface area (TPSA) is 84.9 Å². The highest BCUT2D eigenvalue weighted by atomic mass is 32.2. The molecule has 7 nitrogen and oxygen atoms in total. The second-order valence-corrected chi connectivity index (χ2v) is 10.0. The molecule has 1 atom stereocenters. The molecule has 0 radical (unpaired) electrons. The van der Waals surface area contributed by atoms with Gasteiger partial charge in [0.2, 0.25) is 10.0 Å². The second-order valence-electron chi connectivity index (χ2n) is 8.10. The van der Waals surface area contributed by atoms with Crippen LogP contribution >= 0.6 is 0 Å². The molecule has 0 saturated carbocycles. The average Bonchev–Trinajstić information content (AvgIpc) is 3.08. The standard InChI is InChI=1S/C24H32N2O5S/c1-17-9-11-20(32(28,29)26-13-7-5-6-8-14-26)16-21(17)24(27)25-18(2)19-10-12-22(30-3)23(15-19)31-4/h9-12,15-16,18H,5-8,13-14H2,1-4H3,(H,25,27)/t18-/m1/s1. The third-order valence-corrected chi connectivity index (χ3v) is 7.81. The summed E-state index contributed by atoms with van der Waals surface area (Å²) in [4.78, 5) is 13.2. The molecule has 2 aromatic carbocycles. The number of hydrogen-bond acceptors (Lipinski definition) is 5. The van der Waals surface area contributed by atoms with E-state index in [1.165, 1.54) is 6.07 Å². The summed E-state index contributed by atoms with van der Waals surface area (Å²) in [6, 6.07) is 9.93. The number of methoxy groups -OCH3 is 2. The van der Waals surface area contributed by atoms with E-state index in [0.29, 0.717) is 30.2 Å². The summed E-state index contributed by atoms with van der Waals surface area (Å²) in [7, 11) is -0.505. The van der Waals surface area contributed by atoms with Crippen LogP contribution in [0, 0.1) is 6.92 Å². The summed E-state index contributed by atoms with van der Waals surface area (Å²) in [5, 5.41) is 2.97. The Morgan fingerprint density at radius 2 is 1.62 bits per heavy atom. The van der Waals surface area contributed by atoms with Gasteiger partial charge in [-0.2, -0.15) is 4.31 Å². The fourth-order valence-corrected chi connectivity index (χ4v) is 5.46. The summed E-state index contributed by atoms with van der Waals surface area (Å²) in [5.74, 6) is 0.863. The van der Waals surface area contributed by atoms with Crippen LogP contribution < -0.4 is 14.8 Å². The van der Waals surface area contributed by atoms with Gasteiger partial charge in [-0.1, -0.05) is 25.0 Å². The van der Waals surface area contributed by atoms with Gasteiger partial charge in [0, 0.05) is 18.7 Å². The number of nitrogens with zero attached hydrogens (tertiary/aromatic N) is 1. The Morgan fingerprint density at radius 1 is 0.969 bits per heavy atom. The lowest BCUT2D eigenvalue weighted by atomic mass is 10.1. The van der Waals surface area contributed by atoms with E-state index >= 15 is 0 Å². The first-order chi connectivity index (χ1) is 15.3. The molecule has 1 saturated heterocycles. The van der Waals surface area contributed by atoms with Crippen molar-refractivity contribution in [2.75, 3.05) is 27.3 Å². The van der Waals surface area contributed by atoms with Crippen molar-refractivity contribution in [1.29, 1.82) is 0 Å². The Bertz CT molecular complexity index is 1060. The summed E-state index contributed by atoms with van der Waals surface area (Å²) in [6.07, 6.45) is 3.81. The number of carbonyl (C=O) groups excluding carboxylic acids is 1. The smallest absolute Gasteiger partial charge is 0.252 e. The number of carbonyl (C=O) groups is 1. The summed E-state index contributed by atoms with van der Waals surface area (Å²) in [6.45, 7) is 4.72. The van der Waals surface area contributed by atoms with Crippen LogP contribution in [0.4, 0.5) is 0 Å². The van der Waals surface area contributed by atoms with Gasteiger partial charge in [-0.25, -0.2) is 8.42 Å². The molecule has 1 heterocycles. The van der Waals surface area contributed by atoms with Crippen molar-refractivity contribution in [1.82, 2.24) is 9.62 Å². The van der Waals surface area contributed by atoms with E-state index in [-0.39, 0.29) is 16.8 Å². The van der Waals surface area contributed by atoms with Gasteiger partial charge in [-0.05, 0) is 62.1 Å². The number of aryl methyl sites for hydroxylation is 1. The van der Waals surface area contributed by atoms with Gasteiger partial charge in [0.05, 0.1) is 25.2 Å². The predicted octanol–water partition coefficient (Wildman–Crippen LogP) is 4.07. The number of hydrogen-bond donors (Lipinski definition) is 1. The van der Waals surface area contributed by atoms with Crippen molar-refractivity contribution in [3.63, 3.8) is 0 Å². The molecule has 0 aliphatic carbocycles. The number of nitrogens with one attached hydrogen (secondary N) is 1. The van der Waals surface area contributed by atoms with Crippen LogP contribution in [-0.4, -0.2) is 45.9 Å². The lowest BCUT2D eigenvalue weighted by Crippen LogP contribution is -2.32. The van der Waals surface area contributed by atoms with Crippen molar-refractivity contribution in [3.8, 4) is 11.5 Å². The van der Waals surface area contributed by atoms with E-state index < -0.39 is 10.0 Å². The first-order valence-corrected chi connectivity index (χ1v) is 12.4. The summed E-state index contributed by atoms with van der Waals surface area (Å²) < 4.78 is 38.5. The zero-order valence-corrected chi connectivity index (χ0v) is 20.0. The quantitative estimate of drug-likeness (QED) is 0.673. The molecular weight excluding hydrogens is 428 g/mol. The van der Waals surface area contributed by atoms with E-state index in [9.17, 15) is 13.2 Å². The molecule has 0 bridgehead atoms. The molecule has 1 aliphatic rings. The minimum atomic E-state index is -3.63. The molecule has 174 valence electrons. The maximum Gasteiger partial charge on any atom is 0.252 e. The Balaban J connectivity index is 1.82. The van der Waals surface area contributed by atoms with Gasteiger partial charge in [0.25, 0.3) is 5.91 Å². The maximum atomic E-state index is 13.2. The van der Waals surface area contributed by atoms with Crippen LogP contribution in [0.15, 0.2) is 41.3 Å². The van der Waals surface area contributed by atoms with E-state index in [1.54, 1.807) is 43.6 Å². The first-order valence-electron chi connectivity index (χ1n) is 10.9. The lowest BCUT2D eigenvalue weighted by Gasteiger charge is -2.21. The maximum absolute atomic E-state index is 13.2. The Morgan fingerprint density at radius 3 is 2.25 bits per heavy atom. The molecule has 1 amide bonds. The third kappa shape index (κ3) is 5.24. The number of amides is 1. The van der Waals surface area contributed by atoms with E-state index in [1.807, 2.05) is 19.1 Å². The van der Waals surface area contributed by atoms with Crippen LogP contribution in [0.2, 0.25) is 0 Å². The van der Waals surface area contributed by atoms with Crippen LogP contribution in [0.25, 0.3) is 0 Å². The van der Waals surface area contributed by atoms with Gasteiger partial charge < -0.3 is 14.8 Å². The number of rotatable bonds is 7. The molecule has 1 fully saturated rings. The molecule has 2 aromatic rings. The zero-order chi connectivity index (χ0) is 23.3. The molecular formula is C24H32N2O5S. The second kappa shape index (κ2) is 10.4. The molecule has 8 heteroatoms. The van der Waals surface area contributed by atoms with E-state index in [0.717, 1.165) is 36.8 Å². The first kappa shape index (κ1) is 24.1. The van der Waals surface area contributed by atoms with Crippen molar-refractivity contribution in [3.05, 3.63) is 53.1 Å². The Kier molecular flexibility index (Phi) is 7.79. The van der Waals surface area contributed by atoms with E-state index in [4.69, 9.17) is 9.47 Å². The molecule has 32 heavy (non-hydrogen) atoms. The number of ether oxygens (including phenoxy) is 2. The molecule has 3 rings (SSSR count). The van der Waals surface area contributed by atoms with Crippen molar-refractivity contribution in [2.24, 2.45) is 0 Å². The minimum absolute atomic E-state index is 0.161. The van der Waals surface area contributed by atoms with Crippen LogP contribution in [-0.2, 0) is 10.0 Å². The largest absolute Gasteiger partial charge is 0.493 e. The molecule has 0 aromatic heterocycles. The van der Waals surface area contributed by atoms with E-state index in [2.05, 4.69) is 5.32 Å². The highest BCUT2D eigenvalue weighted by molar-refractivity contribution is 7.89. The highest BCUT2D eigenvalue weighted by Crippen LogP contribution is 2.30. The number of sulfonamides is 1. The van der Waals surface area contributed by atoms with Crippen LogP contribution in [0.1, 0.15) is 60.1 Å². The van der Waals surface area contributed by atoms with Gasteiger partial charge >= 0.3 is 0 Å². The third-order valence-electron chi connectivity index (χ3n) is 5.91. The lowest BCUT2D eigenvalue weighted by molar-refractivity contribution is 0.0939. The molecule has 0 unspecified atom stereocenters. The fraction of sp³-hybridized carbons (Fsp3) is 0.458. The van der Waals surface area contributed by atoms with Gasteiger partial charge in [-0.3, -0.25) is 4.79 Å². The predicted molar refractivity (Wildman–Crippen MR) is 124 cm³/mol. The normalized spacial score (nSPS) is 16.1. The molecule has 1 aliphatic heterocycles. The van der Waals surface area contributed by atoms with Crippen molar-refractivity contribution >= 4 is 15.9 Å². The monoisotopic (exact) mass is 460 g/mol. The van der Waals surface area contributed by atoms with Crippen LogP contribution in [0.5, 0.6) is 11.5 Å². The molecule has 0 spiro atoms. The highest BCUT2D eigenvalue weighted by Gasteiger charge is 2.26. The Labute approximate surface area is 190 Å². The van der Waals surface area contributed by atoms with Gasteiger partial charge in [0.15, 0.2) is 11.5 Å². The minimum Gasteiger partial charge on any atom is -0.493 e. The number of benzene rings is 2. The fourth-order valence-electron chi connectivity index (χ4n) is 3.92. The molecule has 1 N–H and O–H groups in total. The van der Waals surface area contributed by atoms with Gasteiger partial charge in [0.1, 0.15) is 0 Å². The zero-order valence-electron chi connectivity index (χ0n) is 19.2. The average molecular weight is 461 g/mol. The Hall–Kier alpha value is -2.58. The SMILES string of the molecule is COc1ccc([C@@H](C)NC(=O)c2cc(S(=O)(=O)N3CCCCCC3)ccc2C)cc1OC. The van der Waals surface area contributed by atoms with Crippen molar-refractivity contribution < 1.29 is 22.7 Å². The van der Waals surface area contributed by atoms with Gasteiger partial charge in [-0.15, -0.1) is 0 Å². The van der Waals surface area contributed by atoms with Crippen LogP contribution in [0.3, 0.4) is 0 Å². The summed E-state index contributed by atoms with van der Waals surface area (Å²) >= 11 is 0.